The molecule has 0 unspecified atom stereocenters. The van der Waals surface area contributed by atoms with Crippen molar-refractivity contribution in [3.63, 3.8) is 0 Å². The second kappa shape index (κ2) is 4.66. The van der Waals surface area contributed by atoms with Gasteiger partial charge in [0.1, 0.15) is 0 Å². The number of fused-ring (bicyclic) bond motifs is 1. The topological polar surface area (TPSA) is 30.0 Å². The summed E-state index contributed by atoms with van der Waals surface area (Å²) in [6.45, 7) is 5.98. The Hall–Kier alpha value is -1.70. The number of carbonyl (C=O) groups excluding carboxylic acids is 1. The molecule has 0 radical (unpaired) electrons. The largest absolute Gasteiger partial charge is 0.294 e. The molecule has 1 aromatic carbocycles. The molecule has 88 valence electrons. The standard InChI is InChI=1S/C15H17NO/c1-4-12-10(3)15(14(17)5-2)11-8-6-7-9-13(11)16-12/h6-9H,4-5H2,1-3H3. The average Bonchev–Trinajstić information content (AvgIpc) is 2.37. The Labute approximate surface area is 102 Å². The Bertz CT molecular complexity index is 572. The van der Waals surface area contributed by atoms with Gasteiger partial charge in [-0.1, -0.05) is 32.0 Å². The molecule has 1 aromatic heterocycles. The predicted molar refractivity (Wildman–Crippen MR) is 70.5 cm³/mol. The lowest BCUT2D eigenvalue weighted by atomic mass is 9.96. The molecule has 0 saturated heterocycles. The lowest BCUT2D eigenvalue weighted by molar-refractivity contribution is 0.0989. The van der Waals surface area contributed by atoms with Gasteiger partial charge in [0.15, 0.2) is 5.78 Å². The number of benzene rings is 1. The predicted octanol–water partition coefficient (Wildman–Crippen LogP) is 3.70. The Kier molecular flexibility index (Phi) is 3.23. The summed E-state index contributed by atoms with van der Waals surface area (Å²) >= 11 is 0. The summed E-state index contributed by atoms with van der Waals surface area (Å²) in [5.74, 6) is 0.204. The van der Waals surface area contributed by atoms with E-state index >= 15 is 0 Å². The van der Waals surface area contributed by atoms with Crippen LogP contribution >= 0.6 is 0 Å². The van der Waals surface area contributed by atoms with Gasteiger partial charge >= 0.3 is 0 Å². The van der Waals surface area contributed by atoms with Crippen LogP contribution in [0.25, 0.3) is 10.9 Å². The first kappa shape index (κ1) is 11.8. The maximum atomic E-state index is 12.1. The Balaban J connectivity index is 2.84. The molecule has 2 nitrogen and oxygen atoms in total. The van der Waals surface area contributed by atoms with Crippen LogP contribution < -0.4 is 0 Å². The Morgan fingerprint density at radius 3 is 2.59 bits per heavy atom. The maximum absolute atomic E-state index is 12.1. The van der Waals surface area contributed by atoms with Crippen molar-refractivity contribution in [3.8, 4) is 0 Å². The highest BCUT2D eigenvalue weighted by Gasteiger charge is 2.15. The molecule has 0 spiro atoms. The molecule has 0 aliphatic rings. The molecular formula is C15H17NO. The number of hydrogen-bond donors (Lipinski definition) is 0. The fraction of sp³-hybridized carbons (Fsp3) is 0.333. The van der Waals surface area contributed by atoms with Crippen molar-refractivity contribution in [2.75, 3.05) is 0 Å². The number of para-hydroxylation sites is 1. The third-order valence-corrected chi connectivity index (χ3v) is 3.17. The number of ketones is 1. The number of hydrogen-bond acceptors (Lipinski definition) is 2. The smallest absolute Gasteiger partial charge is 0.163 e. The molecule has 0 amide bonds. The summed E-state index contributed by atoms with van der Waals surface area (Å²) in [5.41, 5.74) is 3.85. The van der Waals surface area contributed by atoms with Crippen molar-refractivity contribution in [3.05, 3.63) is 41.1 Å². The van der Waals surface area contributed by atoms with Crippen LogP contribution in [0.4, 0.5) is 0 Å². The van der Waals surface area contributed by atoms with E-state index in [0.717, 1.165) is 34.1 Å². The van der Waals surface area contributed by atoms with E-state index < -0.39 is 0 Å². The van der Waals surface area contributed by atoms with Crippen molar-refractivity contribution < 1.29 is 4.79 Å². The molecule has 17 heavy (non-hydrogen) atoms. The number of Topliss-reactive ketones (excluding diaryl/α,β-unsaturated/α-hetero) is 1. The number of carbonyl (C=O) groups is 1. The molecular weight excluding hydrogens is 210 g/mol. The van der Waals surface area contributed by atoms with Crippen molar-refractivity contribution in [2.45, 2.75) is 33.6 Å². The van der Waals surface area contributed by atoms with E-state index in [9.17, 15) is 4.79 Å². The molecule has 1 heterocycles. The van der Waals surface area contributed by atoms with Crippen LogP contribution in [0, 0.1) is 6.92 Å². The minimum absolute atomic E-state index is 0.204. The zero-order valence-corrected chi connectivity index (χ0v) is 10.6. The lowest BCUT2D eigenvalue weighted by Gasteiger charge is -2.12. The first-order chi connectivity index (χ1) is 8.19. The van der Waals surface area contributed by atoms with E-state index in [-0.39, 0.29) is 5.78 Å². The van der Waals surface area contributed by atoms with E-state index in [1.54, 1.807) is 0 Å². The van der Waals surface area contributed by atoms with Gasteiger partial charge in [-0.2, -0.15) is 0 Å². The van der Waals surface area contributed by atoms with Gasteiger partial charge in [0.2, 0.25) is 0 Å². The molecule has 0 saturated carbocycles. The molecule has 0 fully saturated rings. The van der Waals surface area contributed by atoms with Crippen LogP contribution in [0.15, 0.2) is 24.3 Å². The van der Waals surface area contributed by atoms with Crippen molar-refractivity contribution in [1.82, 2.24) is 4.98 Å². The monoisotopic (exact) mass is 227 g/mol. The Morgan fingerprint density at radius 2 is 1.94 bits per heavy atom. The third kappa shape index (κ3) is 1.95. The Morgan fingerprint density at radius 1 is 1.24 bits per heavy atom. The molecule has 0 aliphatic carbocycles. The lowest BCUT2D eigenvalue weighted by Crippen LogP contribution is -2.06. The summed E-state index contributed by atoms with van der Waals surface area (Å²) in [6.07, 6.45) is 1.40. The molecule has 2 aromatic rings. The number of pyridine rings is 1. The van der Waals surface area contributed by atoms with Crippen LogP contribution in [-0.4, -0.2) is 10.8 Å². The van der Waals surface area contributed by atoms with Crippen molar-refractivity contribution >= 4 is 16.7 Å². The molecule has 2 rings (SSSR count). The highest BCUT2D eigenvalue weighted by molar-refractivity contribution is 6.08. The highest BCUT2D eigenvalue weighted by Crippen LogP contribution is 2.24. The highest BCUT2D eigenvalue weighted by atomic mass is 16.1. The number of aromatic nitrogens is 1. The van der Waals surface area contributed by atoms with Gasteiger partial charge in [0.05, 0.1) is 5.52 Å². The summed E-state index contributed by atoms with van der Waals surface area (Å²) in [5, 5.41) is 0.981. The minimum Gasteiger partial charge on any atom is -0.294 e. The fourth-order valence-electron chi connectivity index (χ4n) is 2.24. The van der Waals surface area contributed by atoms with Crippen LogP contribution in [0.2, 0.25) is 0 Å². The van der Waals surface area contributed by atoms with Crippen LogP contribution in [0.3, 0.4) is 0 Å². The van der Waals surface area contributed by atoms with E-state index in [1.165, 1.54) is 0 Å². The molecule has 0 atom stereocenters. The van der Waals surface area contributed by atoms with E-state index in [1.807, 2.05) is 38.1 Å². The molecule has 0 bridgehead atoms. The first-order valence-electron chi connectivity index (χ1n) is 6.10. The van der Waals surface area contributed by atoms with Gasteiger partial charge in [0.25, 0.3) is 0 Å². The summed E-state index contributed by atoms with van der Waals surface area (Å²) in [4.78, 5) is 16.7. The van der Waals surface area contributed by atoms with Gasteiger partial charge in [-0.25, -0.2) is 0 Å². The summed E-state index contributed by atoms with van der Waals surface area (Å²) in [6, 6.07) is 7.88. The molecule has 0 aliphatic heterocycles. The van der Waals surface area contributed by atoms with Gasteiger partial charge in [0, 0.05) is 23.1 Å². The summed E-state index contributed by atoms with van der Waals surface area (Å²) in [7, 11) is 0. The quantitative estimate of drug-likeness (QED) is 0.748. The van der Waals surface area contributed by atoms with E-state index in [2.05, 4.69) is 11.9 Å². The van der Waals surface area contributed by atoms with Gasteiger partial charge in [-0.15, -0.1) is 0 Å². The second-order valence-electron chi connectivity index (χ2n) is 4.21. The zero-order chi connectivity index (χ0) is 12.4. The number of aryl methyl sites for hydroxylation is 1. The second-order valence-corrected chi connectivity index (χ2v) is 4.21. The number of nitrogens with zero attached hydrogens (tertiary/aromatic N) is 1. The van der Waals surface area contributed by atoms with Crippen LogP contribution in [0.1, 0.15) is 41.9 Å². The van der Waals surface area contributed by atoms with Crippen molar-refractivity contribution in [2.24, 2.45) is 0 Å². The van der Waals surface area contributed by atoms with Gasteiger partial charge in [-0.3, -0.25) is 9.78 Å². The van der Waals surface area contributed by atoms with E-state index in [4.69, 9.17) is 0 Å². The fourth-order valence-corrected chi connectivity index (χ4v) is 2.24. The first-order valence-corrected chi connectivity index (χ1v) is 6.10. The zero-order valence-electron chi connectivity index (χ0n) is 10.6. The van der Waals surface area contributed by atoms with Gasteiger partial charge < -0.3 is 0 Å². The van der Waals surface area contributed by atoms with Crippen LogP contribution in [0.5, 0.6) is 0 Å². The molecule has 2 heteroatoms. The van der Waals surface area contributed by atoms with Gasteiger partial charge in [-0.05, 0) is 25.0 Å². The maximum Gasteiger partial charge on any atom is 0.163 e. The average molecular weight is 227 g/mol. The van der Waals surface area contributed by atoms with E-state index in [0.29, 0.717) is 6.42 Å². The number of rotatable bonds is 3. The normalized spacial score (nSPS) is 10.8. The van der Waals surface area contributed by atoms with Crippen LogP contribution in [-0.2, 0) is 6.42 Å². The SMILES string of the molecule is CCC(=O)c1c(C)c(CC)nc2ccccc12. The van der Waals surface area contributed by atoms with Crippen molar-refractivity contribution in [1.29, 1.82) is 0 Å². The third-order valence-electron chi connectivity index (χ3n) is 3.17. The summed E-state index contributed by atoms with van der Waals surface area (Å²) < 4.78 is 0. The molecule has 0 N–H and O–H groups in total. The minimum atomic E-state index is 0.204.